The third-order valence-electron chi connectivity index (χ3n) is 4.98. The molecule has 3 aromatic rings. The van der Waals surface area contributed by atoms with E-state index < -0.39 is 5.56 Å². The summed E-state index contributed by atoms with van der Waals surface area (Å²) in [5.41, 5.74) is 1.03. The number of hydrogen-bond acceptors (Lipinski definition) is 4. The molecule has 0 bridgehead atoms. The van der Waals surface area contributed by atoms with Crippen molar-refractivity contribution >= 4 is 11.7 Å². The van der Waals surface area contributed by atoms with Gasteiger partial charge in [-0.15, -0.1) is 0 Å². The second-order valence-corrected chi connectivity index (χ2v) is 6.85. The summed E-state index contributed by atoms with van der Waals surface area (Å²) in [6.45, 7) is 3.08. The second kappa shape index (κ2) is 6.74. The molecule has 1 fully saturated rings. The summed E-state index contributed by atoms with van der Waals surface area (Å²) < 4.78 is 1.23. The fourth-order valence-electron chi connectivity index (χ4n) is 3.57. The number of aromatic nitrogens is 4. The maximum Gasteiger partial charge on any atom is 0.286 e. The third kappa shape index (κ3) is 3.12. The predicted molar refractivity (Wildman–Crippen MR) is 97.1 cm³/mol. The van der Waals surface area contributed by atoms with Gasteiger partial charge in [0, 0.05) is 19.3 Å². The first-order chi connectivity index (χ1) is 12.6. The van der Waals surface area contributed by atoms with Gasteiger partial charge in [-0.3, -0.25) is 14.7 Å². The molecule has 2 aromatic heterocycles. The van der Waals surface area contributed by atoms with E-state index in [0.717, 1.165) is 19.3 Å². The Hall–Kier alpha value is -2.96. The van der Waals surface area contributed by atoms with Crippen LogP contribution < -0.4 is 5.56 Å². The standard InChI is InChI=1S/C19H21N5O2/c1-13-21-19-20-12-16(18(26)24(19)22-13)17(25)23-9-7-15(8-10-23)11-14-5-3-2-4-6-14/h2-6,12,15H,7-11H2,1H3,(H,20,21,22). The Morgan fingerprint density at radius 3 is 2.69 bits per heavy atom. The minimum Gasteiger partial charge on any atom is -0.338 e. The number of benzene rings is 1. The van der Waals surface area contributed by atoms with Crippen molar-refractivity contribution < 1.29 is 4.79 Å². The van der Waals surface area contributed by atoms with E-state index in [4.69, 9.17) is 0 Å². The van der Waals surface area contributed by atoms with Crippen molar-refractivity contribution in [2.75, 3.05) is 13.1 Å². The summed E-state index contributed by atoms with van der Waals surface area (Å²) in [7, 11) is 0. The van der Waals surface area contributed by atoms with Crippen molar-refractivity contribution in [1.29, 1.82) is 0 Å². The summed E-state index contributed by atoms with van der Waals surface area (Å²) in [4.78, 5) is 35.3. The van der Waals surface area contributed by atoms with Crippen LogP contribution in [0.15, 0.2) is 41.3 Å². The number of carbonyl (C=O) groups is 1. The van der Waals surface area contributed by atoms with Crippen molar-refractivity contribution in [1.82, 2.24) is 24.5 Å². The smallest absolute Gasteiger partial charge is 0.286 e. The third-order valence-corrected chi connectivity index (χ3v) is 4.98. The van der Waals surface area contributed by atoms with Crippen molar-refractivity contribution in [3.05, 3.63) is 63.8 Å². The van der Waals surface area contributed by atoms with Gasteiger partial charge < -0.3 is 4.90 Å². The van der Waals surface area contributed by atoms with E-state index in [0.29, 0.717) is 24.8 Å². The Morgan fingerprint density at radius 2 is 1.96 bits per heavy atom. The van der Waals surface area contributed by atoms with Crippen LogP contribution in [0, 0.1) is 12.8 Å². The average Bonchev–Trinajstić information content (AvgIpc) is 3.04. The minimum atomic E-state index is -0.396. The number of nitrogens with one attached hydrogen (secondary N) is 1. The van der Waals surface area contributed by atoms with E-state index in [-0.39, 0.29) is 17.2 Å². The number of aromatic amines is 1. The Bertz CT molecular complexity index is 984. The molecule has 1 aliphatic heterocycles. The highest BCUT2D eigenvalue weighted by Crippen LogP contribution is 2.22. The van der Waals surface area contributed by atoms with E-state index >= 15 is 0 Å². The summed E-state index contributed by atoms with van der Waals surface area (Å²) in [5, 5.41) is 2.82. The molecule has 1 saturated heterocycles. The van der Waals surface area contributed by atoms with E-state index in [9.17, 15) is 9.59 Å². The van der Waals surface area contributed by atoms with Crippen molar-refractivity contribution in [2.45, 2.75) is 26.2 Å². The molecule has 0 saturated carbocycles. The lowest BCUT2D eigenvalue weighted by molar-refractivity contribution is 0.0688. The lowest BCUT2D eigenvalue weighted by Crippen LogP contribution is -2.41. The zero-order chi connectivity index (χ0) is 18.1. The molecule has 7 heteroatoms. The molecule has 0 atom stereocenters. The van der Waals surface area contributed by atoms with Gasteiger partial charge in [0.2, 0.25) is 0 Å². The molecule has 1 aromatic carbocycles. The highest BCUT2D eigenvalue weighted by molar-refractivity contribution is 5.93. The van der Waals surface area contributed by atoms with Gasteiger partial charge >= 0.3 is 0 Å². The number of rotatable bonds is 3. The molecule has 3 heterocycles. The van der Waals surface area contributed by atoms with Crippen LogP contribution in [0.1, 0.15) is 34.6 Å². The molecule has 0 unspecified atom stereocenters. The van der Waals surface area contributed by atoms with Crippen molar-refractivity contribution in [2.24, 2.45) is 5.92 Å². The average molecular weight is 351 g/mol. The fourth-order valence-corrected chi connectivity index (χ4v) is 3.57. The van der Waals surface area contributed by atoms with Crippen LogP contribution in [-0.2, 0) is 6.42 Å². The van der Waals surface area contributed by atoms with Gasteiger partial charge in [-0.25, -0.2) is 4.98 Å². The van der Waals surface area contributed by atoms with Gasteiger partial charge in [-0.1, -0.05) is 30.3 Å². The molecular weight excluding hydrogens is 330 g/mol. The van der Waals surface area contributed by atoms with Crippen LogP contribution >= 0.6 is 0 Å². The summed E-state index contributed by atoms with van der Waals surface area (Å²) in [6, 6.07) is 10.4. The topological polar surface area (TPSA) is 83.4 Å². The lowest BCUT2D eigenvalue weighted by Gasteiger charge is -2.32. The Balaban J connectivity index is 1.45. The molecule has 1 amide bonds. The first-order valence-corrected chi connectivity index (χ1v) is 8.89. The number of carbonyl (C=O) groups excluding carboxylic acids is 1. The fraction of sp³-hybridized carbons (Fsp3) is 0.368. The summed E-state index contributed by atoms with van der Waals surface area (Å²) in [6.07, 6.45) is 4.27. The molecule has 0 spiro atoms. The highest BCUT2D eigenvalue weighted by atomic mass is 16.2. The number of aryl methyl sites for hydroxylation is 1. The number of nitrogens with zero attached hydrogens (tertiary/aromatic N) is 4. The van der Waals surface area contributed by atoms with Crippen LogP contribution in [0.5, 0.6) is 0 Å². The zero-order valence-electron chi connectivity index (χ0n) is 14.7. The maximum atomic E-state index is 12.8. The SMILES string of the molecule is Cc1nc2ncc(C(=O)N3CCC(Cc4ccccc4)CC3)c(=O)n2[nH]1. The van der Waals surface area contributed by atoms with Gasteiger partial charge in [0.15, 0.2) is 0 Å². The van der Waals surface area contributed by atoms with Gasteiger partial charge in [0.25, 0.3) is 17.2 Å². The van der Waals surface area contributed by atoms with Crippen molar-refractivity contribution in [3.63, 3.8) is 0 Å². The first kappa shape index (κ1) is 16.5. The number of H-pyrrole nitrogens is 1. The van der Waals surface area contributed by atoms with Gasteiger partial charge in [-0.05, 0) is 37.7 Å². The van der Waals surface area contributed by atoms with Crippen LogP contribution in [0.4, 0.5) is 0 Å². The van der Waals surface area contributed by atoms with E-state index in [1.807, 2.05) is 6.07 Å². The van der Waals surface area contributed by atoms with Crippen LogP contribution in [-0.4, -0.2) is 43.5 Å². The maximum absolute atomic E-state index is 12.8. The van der Waals surface area contributed by atoms with E-state index in [1.54, 1.807) is 11.8 Å². The molecule has 26 heavy (non-hydrogen) atoms. The van der Waals surface area contributed by atoms with E-state index in [1.165, 1.54) is 16.3 Å². The van der Waals surface area contributed by atoms with Gasteiger partial charge in [0.05, 0.1) is 0 Å². The Labute approximate surface area is 150 Å². The van der Waals surface area contributed by atoms with Crippen molar-refractivity contribution in [3.8, 4) is 0 Å². The predicted octanol–water partition coefficient (Wildman–Crippen LogP) is 1.82. The molecule has 7 nitrogen and oxygen atoms in total. The van der Waals surface area contributed by atoms with Gasteiger partial charge in [0.1, 0.15) is 11.4 Å². The molecule has 134 valence electrons. The second-order valence-electron chi connectivity index (χ2n) is 6.85. The molecule has 1 aliphatic rings. The lowest BCUT2D eigenvalue weighted by atomic mass is 9.90. The van der Waals surface area contributed by atoms with Crippen LogP contribution in [0.2, 0.25) is 0 Å². The zero-order valence-corrected chi connectivity index (χ0v) is 14.7. The first-order valence-electron chi connectivity index (χ1n) is 8.89. The summed E-state index contributed by atoms with van der Waals surface area (Å²) in [5.74, 6) is 1.19. The largest absolute Gasteiger partial charge is 0.338 e. The molecule has 1 N–H and O–H groups in total. The molecule has 4 rings (SSSR count). The monoisotopic (exact) mass is 351 g/mol. The van der Waals surface area contributed by atoms with Crippen LogP contribution in [0.25, 0.3) is 5.78 Å². The summed E-state index contributed by atoms with van der Waals surface area (Å²) >= 11 is 0. The molecule has 0 radical (unpaired) electrons. The number of hydrogen-bond donors (Lipinski definition) is 1. The normalized spacial score (nSPS) is 15.5. The number of piperidine rings is 1. The Kier molecular flexibility index (Phi) is 4.28. The molecular formula is C19H21N5O2. The van der Waals surface area contributed by atoms with Crippen LogP contribution in [0.3, 0.4) is 0 Å². The number of likely N-dealkylation sites (tertiary alicyclic amines) is 1. The minimum absolute atomic E-state index is 0.0904. The number of amides is 1. The highest BCUT2D eigenvalue weighted by Gasteiger charge is 2.26. The van der Waals surface area contributed by atoms with E-state index in [2.05, 4.69) is 39.3 Å². The molecule has 0 aliphatic carbocycles. The van der Waals surface area contributed by atoms with Gasteiger partial charge in [-0.2, -0.15) is 9.50 Å². The quantitative estimate of drug-likeness (QED) is 0.780. The number of fused-ring (bicyclic) bond motifs is 1. The Morgan fingerprint density at radius 1 is 1.23 bits per heavy atom.